The Kier molecular flexibility index (Phi) is 6.30. The van der Waals surface area contributed by atoms with E-state index < -0.39 is 30.2 Å². The van der Waals surface area contributed by atoms with Gasteiger partial charge in [0, 0.05) is 31.9 Å². The molecule has 2 atom stereocenters. The van der Waals surface area contributed by atoms with Gasteiger partial charge < -0.3 is 24.6 Å². The minimum Gasteiger partial charge on any atom is -0.492 e. The molecule has 162 valence electrons. The lowest BCUT2D eigenvalue weighted by Crippen LogP contribution is -2.30. The molecule has 0 bridgehead atoms. The van der Waals surface area contributed by atoms with Crippen LogP contribution in [0.5, 0.6) is 5.75 Å². The molecule has 0 saturated carbocycles. The van der Waals surface area contributed by atoms with Crippen LogP contribution in [0, 0.1) is 11.7 Å². The molecule has 0 spiro atoms. The van der Waals surface area contributed by atoms with Crippen molar-refractivity contribution >= 4 is 30.0 Å². The normalized spacial score (nSPS) is 17.3. The Bertz CT molecular complexity index is 1030. The predicted octanol–water partition coefficient (Wildman–Crippen LogP) is 2.42. The van der Waals surface area contributed by atoms with Crippen LogP contribution in [0.1, 0.15) is 30.6 Å². The van der Waals surface area contributed by atoms with Crippen molar-refractivity contribution in [3.63, 3.8) is 0 Å². The van der Waals surface area contributed by atoms with Crippen molar-refractivity contribution in [2.45, 2.75) is 32.9 Å². The van der Waals surface area contributed by atoms with Crippen LogP contribution in [0.2, 0.25) is 0 Å². The van der Waals surface area contributed by atoms with Crippen molar-refractivity contribution in [2.24, 2.45) is 11.7 Å². The van der Waals surface area contributed by atoms with Crippen LogP contribution in [0.4, 0.5) is 18.7 Å². The van der Waals surface area contributed by atoms with Gasteiger partial charge in [-0.2, -0.15) is 0 Å². The summed E-state index contributed by atoms with van der Waals surface area (Å²) in [4.78, 5) is 26.6. The molecular formula is C19H23BF3N3O4. The molecule has 1 aromatic heterocycles. The minimum absolute atomic E-state index is 0.0539. The van der Waals surface area contributed by atoms with Gasteiger partial charge in [-0.05, 0) is 32.3 Å². The highest BCUT2D eigenvalue weighted by Gasteiger charge is 2.32. The first-order chi connectivity index (χ1) is 14.2. The maximum atomic E-state index is 15.2. The summed E-state index contributed by atoms with van der Waals surface area (Å²) in [5.41, 5.74) is 4.97. The van der Waals surface area contributed by atoms with Gasteiger partial charge in [-0.25, -0.2) is 17.8 Å². The fourth-order valence-electron chi connectivity index (χ4n) is 3.94. The van der Waals surface area contributed by atoms with Crippen molar-refractivity contribution in [1.29, 1.82) is 0 Å². The number of methoxy groups -OCH3 is 1. The van der Waals surface area contributed by atoms with Crippen LogP contribution < -0.4 is 20.8 Å². The highest BCUT2D eigenvalue weighted by atomic mass is 19.2. The molecular weight excluding hydrogens is 402 g/mol. The Morgan fingerprint density at radius 2 is 2.13 bits per heavy atom. The summed E-state index contributed by atoms with van der Waals surface area (Å²) in [5.74, 6) is -1.85. The van der Waals surface area contributed by atoms with Gasteiger partial charge >= 0.3 is 13.4 Å². The minimum atomic E-state index is -3.37. The number of carbonyl (C=O) groups excluding carboxylic acids is 1. The van der Waals surface area contributed by atoms with Gasteiger partial charge in [0.05, 0.1) is 18.0 Å². The second kappa shape index (κ2) is 8.59. The quantitative estimate of drug-likeness (QED) is 0.716. The molecule has 2 heterocycles. The molecule has 1 saturated heterocycles. The monoisotopic (exact) mass is 425 g/mol. The predicted molar refractivity (Wildman–Crippen MR) is 108 cm³/mol. The first-order valence-electron chi connectivity index (χ1n) is 9.62. The number of hydrogen-bond donors (Lipinski definition) is 1. The highest BCUT2D eigenvalue weighted by molar-refractivity contribution is 6.38. The SMILES string of the molecule is CCn1cc(C(=O)OB(F)F)c(=O)c2cc(F)c(N3CC[C@@H]([C@H](C)N)C3)c(OC)c21. The lowest BCUT2D eigenvalue weighted by Gasteiger charge is -2.25. The topological polar surface area (TPSA) is 86.8 Å². The van der Waals surface area contributed by atoms with Crippen molar-refractivity contribution in [3.8, 4) is 5.75 Å². The maximum Gasteiger partial charge on any atom is 0.798 e. The van der Waals surface area contributed by atoms with Crippen LogP contribution in [-0.4, -0.2) is 44.2 Å². The number of benzene rings is 1. The number of nitrogens with two attached hydrogens (primary N) is 1. The van der Waals surface area contributed by atoms with E-state index in [2.05, 4.69) is 4.65 Å². The summed E-state index contributed by atoms with van der Waals surface area (Å²) >= 11 is 0. The van der Waals surface area contributed by atoms with E-state index in [9.17, 15) is 18.2 Å². The number of anilines is 1. The first kappa shape index (κ1) is 22.0. The number of nitrogens with zero attached hydrogens (tertiary/aromatic N) is 2. The van der Waals surface area contributed by atoms with E-state index in [1.54, 1.807) is 6.92 Å². The van der Waals surface area contributed by atoms with Crippen molar-refractivity contribution < 1.29 is 27.2 Å². The van der Waals surface area contributed by atoms with Crippen LogP contribution >= 0.6 is 0 Å². The van der Waals surface area contributed by atoms with Crippen molar-refractivity contribution in [1.82, 2.24) is 4.57 Å². The maximum absolute atomic E-state index is 15.2. The van der Waals surface area contributed by atoms with Gasteiger partial charge in [-0.3, -0.25) is 4.79 Å². The van der Waals surface area contributed by atoms with E-state index in [4.69, 9.17) is 10.5 Å². The Balaban J connectivity index is 2.23. The summed E-state index contributed by atoms with van der Waals surface area (Å²) in [5, 5.41) is -0.151. The molecule has 1 fully saturated rings. The highest BCUT2D eigenvalue weighted by Crippen LogP contribution is 2.40. The lowest BCUT2D eigenvalue weighted by atomic mass is 10.0. The lowest BCUT2D eigenvalue weighted by molar-refractivity contribution is 0.0693. The largest absolute Gasteiger partial charge is 0.798 e. The Hall–Kier alpha value is -2.69. The van der Waals surface area contributed by atoms with E-state index in [0.717, 1.165) is 18.7 Å². The van der Waals surface area contributed by atoms with Gasteiger partial charge in [0.1, 0.15) is 11.3 Å². The average Bonchev–Trinajstić information content (AvgIpc) is 3.17. The molecule has 2 N–H and O–H groups in total. The Morgan fingerprint density at radius 1 is 1.43 bits per heavy atom. The van der Waals surface area contributed by atoms with Crippen LogP contribution in [0.15, 0.2) is 17.1 Å². The number of rotatable bonds is 6. The van der Waals surface area contributed by atoms with E-state index in [0.29, 0.717) is 13.1 Å². The molecule has 7 nitrogen and oxygen atoms in total. The third kappa shape index (κ3) is 3.85. The number of pyridine rings is 1. The fourth-order valence-corrected chi connectivity index (χ4v) is 3.94. The van der Waals surface area contributed by atoms with Gasteiger partial charge in [0.15, 0.2) is 11.6 Å². The first-order valence-corrected chi connectivity index (χ1v) is 9.62. The summed E-state index contributed by atoms with van der Waals surface area (Å²) < 4.78 is 50.9. The number of hydrogen-bond acceptors (Lipinski definition) is 6. The third-order valence-corrected chi connectivity index (χ3v) is 5.49. The molecule has 0 aliphatic carbocycles. The van der Waals surface area contributed by atoms with Crippen LogP contribution in [0.3, 0.4) is 0 Å². The molecule has 0 radical (unpaired) electrons. The number of ether oxygens (including phenoxy) is 1. The Labute approximate surface area is 171 Å². The smallest absolute Gasteiger partial charge is 0.492 e. The number of halogens is 3. The standard InChI is InChI=1S/C19H23BF3N3O4/c1-4-25-9-13(19(28)30-20(22)23)17(27)12-7-14(21)16(18(29-3)15(12)25)26-6-5-11(8-26)10(2)24/h7,9-11H,4-6,8,24H2,1-3H3/t10-,11+/m0/s1. The number of aromatic nitrogens is 1. The van der Waals surface area contributed by atoms with Gasteiger partial charge in [0.25, 0.3) is 0 Å². The summed E-state index contributed by atoms with van der Waals surface area (Å²) in [7, 11) is -2.01. The van der Waals surface area contributed by atoms with E-state index in [-0.39, 0.29) is 40.8 Å². The fraction of sp³-hybridized carbons (Fsp3) is 0.474. The van der Waals surface area contributed by atoms with E-state index in [1.807, 2.05) is 11.8 Å². The molecule has 11 heteroatoms. The number of carbonyl (C=O) groups is 1. The molecule has 2 aromatic rings. The van der Waals surface area contributed by atoms with Crippen molar-refractivity contribution in [2.75, 3.05) is 25.1 Å². The average molecular weight is 425 g/mol. The van der Waals surface area contributed by atoms with Crippen LogP contribution in [0.25, 0.3) is 10.9 Å². The number of aryl methyl sites for hydroxylation is 1. The van der Waals surface area contributed by atoms with E-state index in [1.165, 1.54) is 11.7 Å². The molecule has 1 aliphatic heterocycles. The zero-order chi connectivity index (χ0) is 22.2. The van der Waals surface area contributed by atoms with Gasteiger partial charge in [-0.15, -0.1) is 0 Å². The molecule has 1 aromatic carbocycles. The summed E-state index contributed by atoms with van der Waals surface area (Å²) in [6.07, 6.45) is 1.92. The third-order valence-electron chi connectivity index (χ3n) is 5.49. The molecule has 30 heavy (non-hydrogen) atoms. The van der Waals surface area contributed by atoms with Crippen molar-refractivity contribution in [3.05, 3.63) is 33.9 Å². The van der Waals surface area contributed by atoms with Crippen LogP contribution in [-0.2, 0) is 11.2 Å². The zero-order valence-electron chi connectivity index (χ0n) is 17.0. The second-order valence-corrected chi connectivity index (χ2v) is 7.31. The Morgan fingerprint density at radius 3 is 2.67 bits per heavy atom. The second-order valence-electron chi connectivity index (χ2n) is 7.31. The van der Waals surface area contributed by atoms with Gasteiger partial charge in [-0.1, -0.05) is 0 Å². The molecule has 0 unspecified atom stereocenters. The summed E-state index contributed by atoms with van der Waals surface area (Å²) in [6.45, 7) is 5.01. The van der Waals surface area contributed by atoms with E-state index >= 15 is 4.39 Å². The molecule has 1 aliphatic rings. The zero-order valence-corrected chi connectivity index (χ0v) is 17.0. The molecule has 3 rings (SSSR count). The summed E-state index contributed by atoms with van der Waals surface area (Å²) in [6, 6.07) is 0.960. The number of fused-ring (bicyclic) bond motifs is 1. The molecule has 0 amide bonds. The van der Waals surface area contributed by atoms with Gasteiger partial charge in [0.2, 0.25) is 5.43 Å².